The topological polar surface area (TPSA) is 84.7 Å². The van der Waals surface area contributed by atoms with Crippen molar-refractivity contribution in [2.24, 2.45) is 5.73 Å². The number of ether oxygens (including phenoxy) is 1. The monoisotopic (exact) mass is 475 g/mol. The number of benzene rings is 3. The Bertz CT molecular complexity index is 1200. The van der Waals surface area contributed by atoms with Gasteiger partial charge in [0.1, 0.15) is 11.6 Å². The smallest absolute Gasteiger partial charge is 0.255 e. The Kier molecular flexibility index (Phi) is 7.77. The van der Waals surface area contributed by atoms with Gasteiger partial charge < -0.3 is 20.7 Å². The maximum atomic E-state index is 13.9. The number of carbonyl (C=O) groups is 2. The van der Waals surface area contributed by atoms with E-state index in [2.05, 4.69) is 5.32 Å². The number of hydrogen-bond acceptors (Lipinski definition) is 4. The van der Waals surface area contributed by atoms with Gasteiger partial charge in [-0.2, -0.15) is 0 Å². The summed E-state index contributed by atoms with van der Waals surface area (Å²) in [6, 6.07) is 19.8. The summed E-state index contributed by atoms with van der Waals surface area (Å²) in [5.74, 6) is -0.367. The van der Waals surface area contributed by atoms with Gasteiger partial charge in [-0.1, -0.05) is 37.1 Å². The molecule has 0 spiro atoms. The number of nitrogens with zero attached hydrogens (tertiary/aromatic N) is 1. The fourth-order valence-corrected chi connectivity index (χ4v) is 4.57. The maximum Gasteiger partial charge on any atom is 0.255 e. The van der Waals surface area contributed by atoms with Crippen LogP contribution in [0.3, 0.4) is 0 Å². The molecule has 2 amide bonds. The molecule has 0 radical (unpaired) electrons. The molecule has 0 heterocycles. The standard InChI is InChI=1S/C28H30FN3O3/c1-35-24-12-6-8-20(17-24)27(33)31-23-11-4-7-19(15-23)18-32(26-14-3-2-13-25(26)30)28(34)21-9-5-10-22(29)16-21/h4-12,15-17,25-26H,2-3,13-14,18,30H2,1H3,(H,31,33). The maximum absolute atomic E-state index is 13.9. The quantitative estimate of drug-likeness (QED) is 0.504. The molecule has 6 nitrogen and oxygen atoms in total. The summed E-state index contributed by atoms with van der Waals surface area (Å²) in [5, 5.41) is 2.91. The summed E-state index contributed by atoms with van der Waals surface area (Å²) in [6.45, 7) is 0.302. The van der Waals surface area contributed by atoms with Gasteiger partial charge in [0.25, 0.3) is 11.8 Å². The first-order valence-corrected chi connectivity index (χ1v) is 11.8. The molecule has 0 aromatic heterocycles. The normalized spacial score (nSPS) is 17.5. The molecule has 2 atom stereocenters. The summed E-state index contributed by atoms with van der Waals surface area (Å²) in [4.78, 5) is 28.0. The van der Waals surface area contributed by atoms with E-state index in [-0.39, 0.29) is 23.9 Å². The molecule has 3 aromatic carbocycles. The van der Waals surface area contributed by atoms with Crippen molar-refractivity contribution in [2.75, 3.05) is 12.4 Å². The zero-order valence-electron chi connectivity index (χ0n) is 19.7. The van der Waals surface area contributed by atoms with Crippen molar-refractivity contribution < 1.29 is 18.7 Å². The molecule has 3 aromatic rings. The Morgan fingerprint density at radius 2 is 1.74 bits per heavy atom. The summed E-state index contributed by atoms with van der Waals surface area (Å²) >= 11 is 0. The number of carbonyl (C=O) groups excluding carboxylic acids is 2. The predicted octanol–water partition coefficient (Wildman–Crippen LogP) is 5.00. The third-order valence-corrected chi connectivity index (χ3v) is 6.38. The minimum atomic E-state index is -0.453. The summed E-state index contributed by atoms with van der Waals surface area (Å²) < 4.78 is 19.1. The number of rotatable bonds is 7. The van der Waals surface area contributed by atoms with E-state index in [9.17, 15) is 14.0 Å². The average Bonchev–Trinajstić information content (AvgIpc) is 2.87. The molecule has 1 saturated carbocycles. The van der Waals surface area contributed by atoms with Crippen LogP contribution < -0.4 is 15.8 Å². The number of nitrogens with one attached hydrogen (secondary N) is 1. The first-order chi connectivity index (χ1) is 16.9. The molecular formula is C28H30FN3O3. The Hall–Kier alpha value is -3.71. The van der Waals surface area contributed by atoms with Crippen LogP contribution >= 0.6 is 0 Å². The minimum Gasteiger partial charge on any atom is -0.497 e. The van der Waals surface area contributed by atoms with E-state index < -0.39 is 5.82 Å². The van der Waals surface area contributed by atoms with Gasteiger partial charge >= 0.3 is 0 Å². The number of amides is 2. The number of hydrogen-bond donors (Lipinski definition) is 2. The van der Waals surface area contributed by atoms with Gasteiger partial charge in [-0.3, -0.25) is 9.59 Å². The molecule has 182 valence electrons. The zero-order valence-corrected chi connectivity index (χ0v) is 19.7. The first kappa shape index (κ1) is 24.4. The van der Waals surface area contributed by atoms with Crippen molar-refractivity contribution in [3.05, 3.63) is 95.3 Å². The van der Waals surface area contributed by atoms with Crippen LogP contribution in [0.2, 0.25) is 0 Å². The van der Waals surface area contributed by atoms with Gasteiger partial charge in [0.2, 0.25) is 0 Å². The van der Waals surface area contributed by atoms with Crippen LogP contribution in [0.15, 0.2) is 72.8 Å². The van der Waals surface area contributed by atoms with E-state index in [1.807, 2.05) is 18.2 Å². The fourth-order valence-electron chi connectivity index (χ4n) is 4.57. The van der Waals surface area contributed by atoms with Crippen LogP contribution in [0.25, 0.3) is 0 Å². The lowest BCUT2D eigenvalue weighted by Crippen LogP contribution is -2.51. The zero-order chi connectivity index (χ0) is 24.8. The van der Waals surface area contributed by atoms with Crippen molar-refractivity contribution in [3.8, 4) is 5.75 Å². The van der Waals surface area contributed by atoms with Gasteiger partial charge in [-0.25, -0.2) is 4.39 Å². The summed E-state index contributed by atoms with van der Waals surface area (Å²) in [7, 11) is 1.55. The van der Waals surface area contributed by atoms with Crippen LogP contribution in [-0.4, -0.2) is 35.9 Å². The number of halogens is 1. The van der Waals surface area contributed by atoms with Gasteiger partial charge in [0.05, 0.1) is 7.11 Å². The second kappa shape index (κ2) is 11.1. The van der Waals surface area contributed by atoms with Crippen molar-refractivity contribution >= 4 is 17.5 Å². The van der Waals surface area contributed by atoms with Gasteiger partial charge in [0, 0.05) is 35.4 Å². The Morgan fingerprint density at radius 3 is 2.51 bits per heavy atom. The van der Waals surface area contributed by atoms with Crippen LogP contribution in [0, 0.1) is 5.82 Å². The van der Waals surface area contributed by atoms with Crippen molar-refractivity contribution in [2.45, 2.75) is 44.3 Å². The molecule has 0 bridgehead atoms. The molecule has 2 unspecified atom stereocenters. The minimum absolute atomic E-state index is 0.141. The molecule has 3 N–H and O–H groups in total. The molecule has 35 heavy (non-hydrogen) atoms. The summed E-state index contributed by atoms with van der Waals surface area (Å²) in [5.41, 5.74) is 8.66. The van der Waals surface area contributed by atoms with Crippen molar-refractivity contribution in [3.63, 3.8) is 0 Å². The lowest BCUT2D eigenvalue weighted by molar-refractivity contribution is 0.0583. The van der Waals surface area contributed by atoms with Crippen LogP contribution in [0.4, 0.5) is 10.1 Å². The fraction of sp³-hybridized carbons (Fsp3) is 0.286. The predicted molar refractivity (Wildman–Crippen MR) is 134 cm³/mol. The SMILES string of the molecule is COc1cccc(C(=O)Nc2cccc(CN(C(=O)c3cccc(F)c3)C3CCCCC3N)c2)c1. The highest BCUT2D eigenvalue weighted by Gasteiger charge is 2.31. The molecule has 1 aliphatic carbocycles. The largest absolute Gasteiger partial charge is 0.497 e. The van der Waals surface area contributed by atoms with Crippen LogP contribution in [0.5, 0.6) is 5.75 Å². The van der Waals surface area contributed by atoms with Crippen LogP contribution in [-0.2, 0) is 6.54 Å². The third-order valence-electron chi connectivity index (χ3n) is 6.38. The lowest BCUT2D eigenvalue weighted by atomic mass is 9.89. The van der Waals surface area contributed by atoms with Gasteiger partial charge in [-0.15, -0.1) is 0 Å². The molecule has 1 fully saturated rings. The van der Waals surface area contributed by atoms with E-state index in [4.69, 9.17) is 10.5 Å². The Balaban J connectivity index is 1.56. The number of methoxy groups -OCH3 is 1. The molecule has 0 saturated heterocycles. The van der Waals surface area contributed by atoms with E-state index in [0.29, 0.717) is 29.1 Å². The lowest BCUT2D eigenvalue weighted by Gasteiger charge is -2.38. The highest BCUT2D eigenvalue weighted by Crippen LogP contribution is 2.26. The number of nitrogens with two attached hydrogens (primary N) is 1. The van der Waals surface area contributed by atoms with Gasteiger partial charge in [-0.05, 0) is 66.9 Å². The van der Waals surface area contributed by atoms with E-state index in [1.54, 1.807) is 48.4 Å². The third kappa shape index (κ3) is 6.05. The molecule has 0 aliphatic heterocycles. The average molecular weight is 476 g/mol. The van der Waals surface area contributed by atoms with Crippen LogP contribution in [0.1, 0.15) is 52.0 Å². The van der Waals surface area contributed by atoms with Gasteiger partial charge in [0.15, 0.2) is 0 Å². The Labute approximate surface area is 204 Å². The molecular weight excluding hydrogens is 445 g/mol. The van der Waals surface area contributed by atoms with E-state index >= 15 is 0 Å². The summed E-state index contributed by atoms with van der Waals surface area (Å²) in [6.07, 6.45) is 3.66. The molecule has 4 rings (SSSR count). The van der Waals surface area contributed by atoms with Crippen molar-refractivity contribution in [1.82, 2.24) is 4.90 Å². The van der Waals surface area contributed by atoms with E-state index in [1.165, 1.54) is 18.2 Å². The highest BCUT2D eigenvalue weighted by molar-refractivity contribution is 6.04. The van der Waals surface area contributed by atoms with E-state index in [0.717, 1.165) is 31.2 Å². The second-order valence-electron chi connectivity index (χ2n) is 8.85. The van der Waals surface area contributed by atoms with Crippen molar-refractivity contribution in [1.29, 1.82) is 0 Å². The second-order valence-corrected chi connectivity index (χ2v) is 8.85. The molecule has 1 aliphatic rings. The first-order valence-electron chi connectivity index (χ1n) is 11.8. The molecule has 7 heteroatoms. The number of anilines is 1. The highest BCUT2D eigenvalue weighted by atomic mass is 19.1. The Morgan fingerprint density at radius 1 is 1.00 bits per heavy atom.